The van der Waals surface area contributed by atoms with E-state index in [-0.39, 0.29) is 16.9 Å². The molecule has 0 fully saturated rings. The van der Waals surface area contributed by atoms with Gasteiger partial charge >= 0.3 is 0 Å². The maximum absolute atomic E-state index is 12.9. The molecule has 1 aromatic heterocycles. The monoisotopic (exact) mass is 343 g/mol. The van der Waals surface area contributed by atoms with Crippen molar-refractivity contribution in [3.05, 3.63) is 58.1 Å². The molecule has 25 heavy (non-hydrogen) atoms. The van der Waals surface area contributed by atoms with E-state index in [2.05, 4.69) is 15.3 Å². The maximum Gasteiger partial charge on any atom is 0.260 e. The fourth-order valence-electron chi connectivity index (χ4n) is 2.31. The SMILES string of the molecule is COc1cc2nc(NC(=O)c3ccc(F)cc3)[nH]c(=O)c2cc1OC. The molecule has 3 aromatic rings. The van der Waals surface area contributed by atoms with E-state index in [0.717, 1.165) is 0 Å². The van der Waals surface area contributed by atoms with Crippen molar-refractivity contribution in [3.63, 3.8) is 0 Å². The fraction of sp³-hybridized carbons (Fsp3) is 0.118. The summed E-state index contributed by atoms with van der Waals surface area (Å²) in [6.45, 7) is 0. The van der Waals surface area contributed by atoms with Gasteiger partial charge in [-0.1, -0.05) is 0 Å². The molecule has 1 amide bonds. The van der Waals surface area contributed by atoms with Crippen LogP contribution >= 0.6 is 0 Å². The number of hydrogen-bond donors (Lipinski definition) is 2. The van der Waals surface area contributed by atoms with Crippen molar-refractivity contribution in [2.75, 3.05) is 19.5 Å². The number of nitrogens with one attached hydrogen (secondary N) is 2. The molecule has 0 aliphatic rings. The Morgan fingerprint density at radius 2 is 1.76 bits per heavy atom. The number of carbonyl (C=O) groups excluding carboxylic acids is 1. The Morgan fingerprint density at radius 1 is 1.12 bits per heavy atom. The molecule has 0 saturated heterocycles. The first-order valence-electron chi connectivity index (χ1n) is 7.25. The molecular weight excluding hydrogens is 329 g/mol. The Kier molecular flexibility index (Phi) is 4.34. The van der Waals surface area contributed by atoms with Crippen LogP contribution in [0, 0.1) is 5.82 Å². The number of fused-ring (bicyclic) bond motifs is 1. The maximum atomic E-state index is 12.9. The predicted molar refractivity (Wildman–Crippen MR) is 89.8 cm³/mol. The van der Waals surface area contributed by atoms with Crippen molar-refractivity contribution < 1.29 is 18.7 Å². The van der Waals surface area contributed by atoms with E-state index in [0.29, 0.717) is 17.0 Å². The van der Waals surface area contributed by atoms with E-state index in [4.69, 9.17) is 9.47 Å². The first-order valence-corrected chi connectivity index (χ1v) is 7.25. The van der Waals surface area contributed by atoms with E-state index in [1.54, 1.807) is 0 Å². The number of halogens is 1. The zero-order chi connectivity index (χ0) is 18.0. The number of methoxy groups -OCH3 is 2. The van der Waals surface area contributed by atoms with Gasteiger partial charge < -0.3 is 9.47 Å². The first kappa shape index (κ1) is 16.4. The molecular formula is C17H14FN3O4. The number of carbonyl (C=O) groups is 1. The Hall–Kier alpha value is -3.42. The van der Waals surface area contributed by atoms with Crippen LogP contribution < -0.4 is 20.3 Å². The summed E-state index contributed by atoms with van der Waals surface area (Å²) in [6, 6.07) is 8.04. The first-order chi connectivity index (χ1) is 12.0. The minimum atomic E-state index is -0.525. The number of benzene rings is 2. The van der Waals surface area contributed by atoms with Crippen LogP contribution in [-0.2, 0) is 0 Å². The summed E-state index contributed by atoms with van der Waals surface area (Å²) in [5.74, 6) is -0.203. The zero-order valence-electron chi connectivity index (χ0n) is 13.4. The third-order valence-corrected chi connectivity index (χ3v) is 3.55. The number of nitrogens with zero attached hydrogens (tertiary/aromatic N) is 1. The second kappa shape index (κ2) is 6.60. The van der Waals surface area contributed by atoms with Gasteiger partial charge in [-0.3, -0.25) is 19.9 Å². The Balaban J connectivity index is 1.98. The number of amides is 1. The molecule has 7 nitrogen and oxygen atoms in total. The number of hydrogen-bond acceptors (Lipinski definition) is 5. The summed E-state index contributed by atoms with van der Waals surface area (Å²) >= 11 is 0. The summed E-state index contributed by atoms with van der Waals surface area (Å²) in [5.41, 5.74) is 0.118. The number of anilines is 1. The van der Waals surface area contributed by atoms with Crippen molar-refractivity contribution in [2.45, 2.75) is 0 Å². The van der Waals surface area contributed by atoms with Gasteiger partial charge in [0, 0.05) is 11.6 Å². The minimum absolute atomic E-state index is 0.0287. The highest BCUT2D eigenvalue weighted by Crippen LogP contribution is 2.30. The molecule has 0 spiro atoms. The van der Waals surface area contributed by atoms with Gasteiger partial charge in [-0.2, -0.15) is 0 Å². The van der Waals surface area contributed by atoms with Gasteiger partial charge in [-0.25, -0.2) is 9.37 Å². The van der Waals surface area contributed by atoms with Crippen LogP contribution in [0.25, 0.3) is 10.9 Å². The molecule has 0 bridgehead atoms. The summed E-state index contributed by atoms with van der Waals surface area (Å²) in [6.07, 6.45) is 0. The second-order valence-corrected chi connectivity index (χ2v) is 5.10. The van der Waals surface area contributed by atoms with Crippen molar-refractivity contribution in [1.82, 2.24) is 9.97 Å². The lowest BCUT2D eigenvalue weighted by Crippen LogP contribution is -2.18. The molecule has 0 saturated carbocycles. The smallest absolute Gasteiger partial charge is 0.260 e. The van der Waals surface area contributed by atoms with Crippen molar-refractivity contribution >= 4 is 22.8 Å². The second-order valence-electron chi connectivity index (χ2n) is 5.10. The van der Waals surface area contributed by atoms with E-state index < -0.39 is 17.3 Å². The summed E-state index contributed by atoms with van der Waals surface area (Å²) in [4.78, 5) is 31.1. The van der Waals surface area contributed by atoms with Crippen LogP contribution in [-0.4, -0.2) is 30.1 Å². The number of ether oxygens (including phenoxy) is 2. The summed E-state index contributed by atoms with van der Waals surface area (Å²) < 4.78 is 23.3. The lowest BCUT2D eigenvalue weighted by molar-refractivity contribution is 0.102. The normalized spacial score (nSPS) is 10.5. The number of H-pyrrole nitrogens is 1. The lowest BCUT2D eigenvalue weighted by atomic mass is 10.2. The van der Waals surface area contributed by atoms with Gasteiger partial charge in [-0.05, 0) is 30.3 Å². The van der Waals surface area contributed by atoms with E-state index in [1.165, 1.54) is 50.6 Å². The topological polar surface area (TPSA) is 93.3 Å². The molecule has 0 atom stereocenters. The molecule has 2 N–H and O–H groups in total. The van der Waals surface area contributed by atoms with Crippen LogP contribution in [0.2, 0.25) is 0 Å². The summed E-state index contributed by atoms with van der Waals surface area (Å²) in [5, 5.41) is 2.77. The summed E-state index contributed by atoms with van der Waals surface area (Å²) in [7, 11) is 2.93. The van der Waals surface area contributed by atoms with E-state index in [9.17, 15) is 14.0 Å². The van der Waals surface area contributed by atoms with Crippen LogP contribution in [0.15, 0.2) is 41.2 Å². The molecule has 2 aromatic carbocycles. The van der Waals surface area contributed by atoms with E-state index >= 15 is 0 Å². The molecule has 0 aliphatic heterocycles. The molecule has 0 aliphatic carbocycles. The van der Waals surface area contributed by atoms with Gasteiger partial charge in [0.05, 0.1) is 25.1 Å². The van der Waals surface area contributed by atoms with Gasteiger partial charge in [-0.15, -0.1) is 0 Å². The fourth-order valence-corrected chi connectivity index (χ4v) is 2.31. The van der Waals surface area contributed by atoms with Crippen molar-refractivity contribution in [1.29, 1.82) is 0 Å². The van der Waals surface area contributed by atoms with E-state index in [1.807, 2.05) is 0 Å². The average molecular weight is 343 g/mol. The average Bonchev–Trinajstić information content (AvgIpc) is 2.61. The van der Waals surface area contributed by atoms with Gasteiger partial charge in [0.15, 0.2) is 11.5 Å². The Morgan fingerprint density at radius 3 is 2.40 bits per heavy atom. The van der Waals surface area contributed by atoms with Crippen LogP contribution in [0.4, 0.5) is 10.3 Å². The van der Waals surface area contributed by atoms with Gasteiger partial charge in [0.1, 0.15) is 5.82 Å². The lowest BCUT2D eigenvalue weighted by Gasteiger charge is -2.10. The molecule has 0 radical (unpaired) electrons. The van der Waals surface area contributed by atoms with Crippen molar-refractivity contribution in [3.8, 4) is 11.5 Å². The van der Waals surface area contributed by atoms with Crippen LogP contribution in [0.3, 0.4) is 0 Å². The largest absolute Gasteiger partial charge is 0.493 e. The quantitative estimate of drug-likeness (QED) is 0.758. The molecule has 8 heteroatoms. The number of aromatic nitrogens is 2. The Labute approximate surface area is 141 Å². The highest BCUT2D eigenvalue weighted by molar-refractivity contribution is 6.03. The number of aromatic amines is 1. The highest BCUT2D eigenvalue weighted by atomic mass is 19.1. The third-order valence-electron chi connectivity index (χ3n) is 3.55. The Bertz CT molecular complexity index is 999. The van der Waals surface area contributed by atoms with Crippen LogP contribution in [0.5, 0.6) is 11.5 Å². The molecule has 3 rings (SSSR count). The standard InChI is InChI=1S/C17H14FN3O4/c1-24-13-7-11-12(8-14(13)25-2)19-17(21-16(11)23)20-15(22)9-3-5-10(18)6-4-9/h3-8H,1-2H3,(H2,19,20,21,22,23). The highest BCUT2D eigenvalue weighted by Gasteiger charge is 2.13. The predicted octanol–water partition coefficient (Wildman–Crippen LogP) is 2.33. The molecule has 128 valence electrons. The molecule has 0 unspecified atom stereocenters. The minimum Gasteiger partial charge on any atom is -0.493 e. The van der Waals surface area contributed by atoms with Crippen molar-refractivity contribution in [2.24, 2.45) is 0 Å². The zero-order valence-corrected chi connectivity index (χ0v) is 13.4. The third kappa shape index (κ3) is 3.27. The van der Waals surface area contributed by atoms with Gasteiger partial charge in [0.2, 0.25) is 5.95 Å². The van der Waals surface area contributed by atoms with Gasteiger partial charge in [0.25, 0.3) is 11.5 Å². The van der Waals surface area contributed by atoms with Crippen LogP contribution in [0.1, 0.15) is 10.4 Å². The number of rotatable bonds is 4. The molecule has 1 heterocycles.